The summed E-state index contributed by atoms with van der Waals surface area (Å²) >= 11 is 0. The zero-order chi connectivity index (χ0) is 60.7. The number of carbonyl (C=O) groups excluding carboxylic acids is 3. The summed E-state index contributed by atoms with van der Waals surface area (Å²) in [5.41, 5.74) is 0. The molecule has 0 aromatic rings. The Labute approximate surface area is 459 Å². The summed E-state index contributed by atoms with van der Waals surface area (Å²) in [6.45, 7) is -2.68. The van der Waals surface area contributed by atoms with Crippen LogP contribution in [-0.4, -0.2) is 344 Å². The third kappa shape index (κ3) is 15.8. The first-order chi connectivity index (χ1) is 38.0. The van der Waals surface area contributed by atoms with E-state index in [1.54, 1.807) is 0 Å². The Morgan fingerprint density at radius 2 is 1.09 bits per heavy atom. The number of carbonyl (C=O) groups is 4. The minimum Gasteiger partial charge on any atom is -0.477 e. The van der Waals surface area contributed by atoms with E-state index < -0.39 is 253 Å². The molecule has 5 saturated heterocycles. The fraction of sp³-hybridized carbons (Fsp3) is 0.911. The van der Waals surface area contributed by atoms with Gasteiger partial charge in [0.2, 0.25) is 17.7 Å². The summed E-state index contributed by atoms with van der Waals surface area (Å²) in [7, 11) is 0. The van der Waals surface area contributed by atoms with Gasteiger partial charge in [-0.05, 0) is 6.92 Å². The molecule has 36 heteroatoms. The Hall–Kier alpha value is -3.24. The van der Waals surface area contributed by atoms with Gasteiger partial charge in [-0.15, -0.1) is 0 Å². The normalized spacial score (nSPS) is 42.6. The SMILES string of the molecule is CC(=O)N[C@H]1[C@H](O[C@H]2[C@@H](O)[C@@H](CO)O[C@@H](O[C@@H]([C@@H](O)[C@H](O)CO[C@]3(C(=O)O)C[C@H](O)[C@@H](NC(C)=O)[C@H]([C@H](O)[C@H](O)CO)O3)[C@H](CO)NC(C)=O)[C@@H]2O)O[C@H](CO)[C@@H](O[C@@H]2O[C@H](CO)[C@H](O)[C@H](O)[C@H]2O)[C@@H]1O[C@@H]1O[C@@H](C)[C@@H](O)[C@@H](O)[C@@H]1O. The number of aliphatic hydroxyl groups is 18. The van der Waals surface area contributed by atoms with Gasteiger partial charge in [0.05, 0.1) is 63.9 Å². The first-order valence-corrected chi connectivity index (χ1v) is 25.5. The molecular weight excluding hydrogens is 1110 g/mol. The molecule has 30 atom stereocenters. The molecule has 0 saturated carbocycles. The van der Waals surface area contributed by atoms with Crippen molar-refractivity contribution in [1.29, 1.82) is 0 Å². The number of amides is 3. The van der Waals surface area contributed by atoms with Crippen LogP contribution in [-0.2, 0) is 66.5 Å². The van der Waals surface area contributed by atoms with Gasteiger partial charge in [0, 0.05) is 27.2 Å². The van der Waals surface area contributed by atoms with Crippen molar-refractivity contribution in [1.82, 2.24) is 16.0 Å². The number of aliphatic hydroxyl groups excluding tert-OH is 18. The number of hydrogen-bond acceptors (Lipinski definition) is 32. The van der Waals surface area contributed by atoms with Gasteiger partial charge < -0.3 is 160 Å². The van der Waals surface area contributed by atoms with Gasteiger partial charge in [-0.3, -0.25) is 14.4 Å². The molecule has 81 heavy (non-hydrogen) atoms. The monoisotopic (exact) mass is 1190 g/mol. The highest BCUT2D eigenvalue weighted by Gasteiger charge is 2.59. The van der Waals surface area contributed by atoms with E-state index in [0.717, 1.165) is 20.8 Å². The van der Waals surface area contributed by atoms with Crippen LogP contribution in [0.4, 0.5) is 0 Å². The summed E-state index contributed by atoms with van der Waals surface area (Å²) < 4.78 is 57.9. The van der Waals surface area contributed by atoms with Gasteiger partial charge in [-0.25, -0.2) is 4.79 Å². The number of hydrogen-bond donors (Lipinski definition) is 22. The quantitative estimate of drug-likeness (QED) is 0.0404. The number of carboxylic acid groups (broad SMARTS) is 1. The zero-order valence-electron chi connectivity index (χ0n) is 43.9. The molecule has 0 unspecified atom stereocenters. The minimum atomic E-state index is -3.08. The van der Waals surface area contributed by atoms with E-state index in [0.29, 0.717) is 0 Å². The number of nitrogens with one attached hydrogen (secondary N) is 3. The molecule has 0 aliphatic carbocycles. The van der Waals surface area contributed by atoms with Crippen LogP contribution in [0.25, 0.3) is 0 Å². The van der Waals surface area contributed by atoms with Crippen molar-refractivity contribution < 1.29 is 164 Å². The van der Waals surface area contributed by atoms with Crippen LogP contribution in [0.15, 0.2) is 0 Å². The van der Waals surface area contributed by atoms with Crippen LogP contribution >= 0.6 is 0 Å². The molecule has 5 aliphatic heterocycles. The average Bonchev–Trinajstić information content (AvgIpc) is 3.55. The molecule has 5 heterocycles. The lowest BCUT2D eigenvalue weighted by Gasteiger charge is -2.51. The topological polar surface area (TPSA) is 581 Å². The maximum absolute atomic E-state index is 13.0. The van der Waals surface area contributed by atoms with E-state index in [9.17, 15) is 116 Å². The Bertz CT molecular complexity index is 2020. The van der Waals surface area contributed by atoms with Crippen LogP contribution in [0, 0.1) is 0 Å². The molecular formula is C45H77N3O33. The molecule has 0 radical (unpaired) electrons. The largest absolute Gasteiger partial charge is 0.477 e. The van der Waals surface area contributed by atoms with Gasteiger partial charge in [0.25, 0.3) is 5.79 Å². The summed E-state index contributed by atoms with van der Waals surface area (Å²) in [6.07, 6.45) is -53.9. The van der Waals surface area contributed by atoms with E-state index in [2.05, 4.69) is 16.0 Å². The molecule has 5 aliphatic rings. The number of carboxylic acids is 1. The fourth-order valence-corrected chi connectivity index (χ4v) is 9.85. The summed E-state index contributed by atoms with van der Waals surface area (Å²) in [6, 6.07) is -5.36. The molecule has 0 aromatic heterocycles. The lowest BCUT2D eigenvalue weighted by Crippen LogP contribution is -2.71. The molecule has 36 nitrogen and oxygen atoms in total. The van der Waals surface area contributed by atoms with Crippen molar-refractivity contribution in [3.63, 3.8) is 0 Å². The van der Waals surface area contributed by atoms with E-state index in [1.165, 1.54) is 6.92 Å². The van der Waals surface area contributed by atoms with E-state index in [4.69, 9.17) is 47.4 Å². The van der Waals surface area contributed by atoms with Gasteiger partial charge in [0.1, 0.15) is 128 Å². The van der Waals surface area contributed by atoms with Crippen molar-refractivity contribution in [3.05, 3.63) is 0 Å². The van der Waals surface area contributed by atoms with Gasteiger partial charge in [0.15, 0.2) is 25.2 Å². The minimum absolute atomic E-state index is 0.818. The zero-order valence-corrected chi connectivity index (χ0v) is 43.9. The second-order valence-corrected chi connectivity index (χ2v) is 20.2. The van der Waals surface area contributed by atoms with E-state index in [1.807, 2.05) is 0 Å². The highest BCUT2D eigenvalue weighted by Crippen LogP contribution is 2.38. The third-order valence-electron chi connectivity index (χ3n) is 14.2. The summed E-state index contributed by atoms with van der Waals surface area (Å²) in [4.78, 5) is 50.2. The predicted octanol–water partition coefficient (Wildman–Crippen LogP) is -13.8. The van der Waals surface area contributed by atoms with Crippen LogP contribution in [0.2, 0.25) is 0 Å². The van der Waals surface area contributed by atoms with Gasteiger partial charge in [-0.1, -0.05) is 0 Å². The molecule has 22 N–H and O–H groups in total. The Balaban J connectivity index is 1.49. The molecule has 3 amide bonds. The average molecular weight is 1190 g/mol. The molecule has 5 rings (SSSR count). The Morgan fingerprint density at radius 3 is 1.63 bits per heavy atom. The Kier molecular flexibility index (Phi) is 25.1. The van der Waals surface area contributed by atoms with Crippen molar-refractivity contribution in [2.75, 3.05) is 39.6 Å². The lowest BCUT2D eigenvalue weighted by molar-refractivity contribution is -0.387. The predicted molar refractivity (Wildman–Crippen MR) is 252 cm³/mol. The van der Waals surface area contributed by atoms with Crippen molar-refractivity contribution >= 4 is 23.7 Å². The summed E-state index contributed by atoms with van der Waals surface area (Å²) in [5.74, 6) is -7.78. The van der Waals surface area contributed by atoms with E-state index in [-0.39, 0.29) is 0 Å². The van der Waals surface area contributed by atoms with Gasteiger partial charge >= 0.3 is 5.97 Å². The van der Waals surface area contributed by atoms with E-state index >= 15 is 0 Å². The highest BCUT2D eigenvalue weighted by molar-refractivity contribution is 5.77. The lowest BCUT2D eigenvalue weighted by atomic mass is 9.88. The van der Waals surface area contributed by atoms with Crippen LogP contribution in [0.1, 0.15) is 34.1 Å². The van der Waals surface area contributed by atoms with Crippen molar-refractivity contribution in [2.45, 2.75) is 217 Å². The first kappa shape index (κ1) is 68.5. The summed E-state index contributed by atoms with van der Waals surface area (Å²) in [5, 5.41) is 211. The number of ether oxygens (including phenoxy) is 10. The number of rotatable bonds is 25. The van der Waals surface area contributed by atoms with Crippen LogP contribution in [0.3, 0.4) is 0 Å². The number of aliphatic carboxylic acids is 1. The fourth-order valence-electron chi connectivity index (χ4n) is 9.85. The smallest absolute Gasteiger partial charge is 0.364 e. The standard InChI is InChI=1S/C45H77N3O33/c1-12-25(60)30(65)32(67)41(73-12)79-38-24(48-15(4)56)40(76-22(10-53)36(38)78-42-33(68)31(66)28(63)20(8-51)74-42)80-39-29(64)21(9-52)75-43(34(39)69)77-35(16(6-49)46-13(2)54)27(62)19(59)11-72-45(44(70)71)5-17(57)23(47-14(3)55)37(81-45)26(61)18(58)7-50/h12,16-43,49-53,57-69H,5-11H2,1-4H3,(H,46,54)(H,47,55)(H,48,56)(H,70,71)/t12-,16-,17-,18+,19+,20+,21+,22+,23+,24+,25+,26+,27-,28-,29-,30+,31-,32-,33+,34+,35+,36+,37+,38+,39-,40-,41-,42-,43-,45+/m0/s1. The second kappa shape index (κ2) is 29.7. The second-order valence-electron chi connectivity index (χ2n) is 20.2. The molecule has 0 aromatic carbocycles. The van der Waals surface area contributed by atoms with Gasteiger partial charge in [-0.2, -0.15) is 0 Å². The molecule has 0 spiro atoms. The third-order valence-corrected chi connectivity index (χ3v) is 14.2. The Morgan fingerprint density at radius 1 is 0.568 bits per heavy atom. The highest BCUT2D eigenvalue weighted by atomic mass is 16.8. The molecule has 0 bridgehead atoms. The maximum Gasteiger partial charge on any atom is 0.364 e. The maximum atomic E-state index is 13.0. The van der Waals surface area contributed by atoms with Crippen LogP contribution < -0.4 is 16.0 Å². The van der Waals surface area contributed by atoms with Crippen molar-refractivity contribution in [3.8, 4) is 0 Å². The first-order valence-electron chi connectivity index (χ1n) is 25.5. The van der Waals surface area contributed by atoms with Crippen LogP contribution in [0.5, 0.6) is 0 Å². The molecule has 470 valence electrons. The molecule has 5 fully saturated rings. The van der Waals surface area contributed by atoms with Crippen molar-refractivity contribution in [2.24, 2.45) is 0 Å².